The van der Waals surface area contributed by atoms with E-state index in [1.807, 2.05) is 18.2 Å². The van der Waals surface area contributed by atoms with Crippen LogP contribution in [0.3, 0.4) is 0 Å². The van der Waals surface area contributed by atoms with Crippen molar-refractivity contribution in [2.24, 2.45) is 0 Å². The minimum Gasteiger partial charge on any atom is -0.486 e. The van der Waals surface area contributed by atoms with Crippen molar-refractivity contribution in [3.8, 4) is 11.5 Å². The number of ether oxygens (including phenoxy) is 2. The maximum absolute atomic E-state index is 12.4. The van der Waals surface area contributed by atoms with Crippen LogP contribution >= 0.6 is 11.6 Å². The number of nitrogens with zero attached hydrogens (tertiary/aromatic N) is 1. The number of carbonyl (C=O) groups excluding carboxylic acids is 1. The van der Waals surface area contributed by atoms with E-state index >= 15 is 0 Å². The first kappa shape index (κ1) is 17.2. The van der Waals surface area contributed by atoms with E-state index in [2.05, 4.69) is 15.6 Å². The number of halogens is 1. The molecule has 4 rings (SSSR count). The summed E-state index contributed by atoms with van der Waals surface area (Å²) in [7, 11) is 0. The van der Waals surface area contributed by atoms with Gasteiger partial charge >= 0.3 is 0 Å². The molecule has 27 heavy (non-hydrogen) atoms. The van der Waals surface area contributed by atoms with Crippen LogP contribution < -0.4 is 20.1 Å². The van der Waals surface area contributed by atoms with Crippen molar-refractivity contribution in [2.45, 2.75) is 0 Å². The van der Waals surface area contributed by atoms with Gasteiger partial charge in [-0.2, -0.15) is 0 Å². The molecule has 0 bridgehead atoms. The molecule has 1 aliphatic rings. The second-order valence-electron chi connectivity index (χ2n) is 5.91. The van der Waals surface area contributed by atoms with E-state index in [1.165, 1.54) is 6.20 Å². The van der Waals surface area contributed by atoms with Crippen LogP contribution in [-0.4, -0.2) is 24.1 Å². The summed E-state index contributed by atoms with van der Waals surface area (Å²) >= 11 is 5.86. The molecular formula is C20H16ClN3O3. The van der Waals surface area contributed by atoms with Gasteiger partial charge in [0.05, 0.1) is 17.4 Å². The zero-order valence-electron chi connectivity index (χ0n) is 14.2. The molecule has 136 valence electrons. The van der Waals surface area contributed by atoms with Crippen molar-refractivity contribution in [2.75, 3.05) is 23.8 Å². The lowest BCUT2D eigenvalue weighted by Gasteiger charge is -2.19. The third kappa shape index (κ3) is 4.12. The summed E-state index contributed by atoms with van der Waals surface area (Å²) < 4.78 is 11.1. The molecule has 0 radical (unpaired) electrons. The van der Waals surface area contributed by atoms with Crippen LogP contribution in [0.25, 0.3) is 0 Å². The monoisotopic (exact) mass is 381 g/mol. The summed E-state index contributed by atoms with van der Waals surface area (Å²) in [5.41, 5.74) is 2.61. The number of aromatic nitrogens is 1. The van der Waals surface area contributed by atoms with E-state index in [-0.39, 0.29) is 5.91 Å². The quantitative estimate of drug-likeness (QED) is 0.696. The van der Waals surface area contributed by atoms with Crippen LogP contribution in [0.2, 0.25) is 5.02 Å². The van der Waals surface area contributed by atoms with Crippen LogP contribution in [0, 0.1) is 0 Å². The molecule has 2 aromatic carbocycles. The number of fused-ring (bicyclic) bond motifs is 1. The van der Waals surface area contributed by atoms with Crippen molar-refractivity contribution in [3.05, 3.63) is 71.5 Å². The van der Waals surface area contributed by atoms with Crippen molar-refractivity contribution in [3.63, 3.8) is 0 Å². The highest BCUT2D eigenvalue weighted by atomic mass is 35.5. The van der Waals surface area contributed by atoms with E-state index in [4.69, 9.17) is 21.1 Å². The number of hydrogen-bond donors (Lipinski definition) is 2. The molecule has 2 N–H and O–H groups in total. The van der Waals surface area contributed by atoms with Crippen molar-refractivity contribution in [1.29, 1.82) is 0 Å². The van der Waals surface area contributed by atoms with Gasteiger partial charge in [0.1, 0.15) is 13.2 Å². The third-order valence-electron chi connectivity index (χ3n) is 3.93. The Morgan fingerprint density at radius 1 is 0.889 bits per heavy atom. The Kier molecular flexibility index (Phi) is 4.80. The van der Waals surface area contributed by atoms with Gasteiger partial charge in [0, 0.05) is 28.7 Å². The molecule has 0 unspecified atom stereocenters. The van der Waals surface area contributed by atoms with E-state index in [0.717, 1.165) is 11.4 Å². The summed E-state index contributed by atoms with van der Waals surface area (Å²) in [6, 6.07) is 14.2. The van der Waals surface area contributed by atoms with E-state index in [9.17, 15) is 4.79 Å². The smallest absolute Gasteiger partial charge is 0.257 e. The molecule has 0 saturated carbocycles. The van der Waals surface area contributed by atoms with Crippen LogP contribution in [-0.2, 0) is 0 Å². The van der Waals surface area contributed by atoms with E-state index in [0.29, 0.717) is 40.9 Å². The zero-order valence-corrected chi connectivity index (χ0v) is 15.0. The van der Waals surface area contributed by atoms with Gasteiger partial charge in [-0.25, -0.2) is 0 Å². The largest absolute Gasteiger partial charge is 0.486 e. The van der Waals surface area contributed by atoms with Crippen LogP contribution in [0.4, 0.5) is 17.1 Å². The molecule has 1 aliphatic heterocycles. The fourth-order valence-electron chi connectivity index (χ4n) is 2.66. The fourth-order valence-corrected chi connectivity index (χ4v) is 2.78. The summed E-state index contributed by atoms with van der Waals surface area (Å²) in [5.74, 6) is 1.16. The summed E-state index contributed by atoms with van der Waals surface area (Å²) in [6.45, 7) is 1.08. The molecule has 6 nitrogen and oxygen atoms in total. The van der Waals surface area contributed by atoms with Gasteiger partial charge in [-0.1, -0.05) is 11.6 Å². The number of rotatable bonds is 4. The summed E-state index contributed by atoms with van der Waals surface area (Å²) in [6.07, 6.45) is 3.16. The number of amides is 1. The van der Waals surface area contributed by atoms with Gasteiger partial charge in [0.2, 0.25) is 0 Å². The molecule has 0 spiro atoms. The second kappa shape index (κ2) is 7.55. The molecular weight excluding hydrogens is 366 g/mol. The van der Waals surface area contributed by atoms with Crippen molar-refractivity contribution < 1.29 is 14.3 Å². The van der Waals surface area contributed by atoms with Crippen molar-refractivity contribution >= 4 is 34.6 Å². The first-order valence-corrected chi connectivity index (χ1v) is 8.74. The third-order valence-corrected chi connectivity index (χ3v) is 4.19. The molecule has 7 heteroatoms. The number of nitrogens with one attached hydrogen (secondary N) is 2. The predicted molar refractivity (Wildman–Crippen MR) is 104 cm³/mol. The van der Waals surface area contributed by atoms with Gasteiger partial charge in [0.25, 0.3) is 5.91 Å². The minimum absolute atomic E-state index is 0.254. The number of anilines is 3. The molecule has 3 aromatic rings. The maximum Gasteiger partial charge on any atom is 0.257 e. The van der Waals surface area contributed by atoms with Gasteiger partial charge in [0.15, 0.2) is 11.5 Å². The average Bonchev–Trinajstić information content (AvgIpc) is 2.70. The Morgan fingerprint density at radius 3 is 2.44 bits per heavy atom. The van der Waals surface area contributed by atoms with Gasteiger partial charge in [-0.15, -0.1) is 0 Å². The first-order chi connectivity index (χ1) is 13.2. The number of benzene rings is 2. The molecule has 1 aromatic heterocycles. The lowest BCUT2D eigenvalue weighted by Crippen LogP contribution is -2.15. The zero-order chi connectivity index (χ0) is 18.6. The van der Waals surface area contributed by atoms with E-state index in [1.54, 1.807) is 36.5 Å². The Labute approximate surface area is 161 Å². The first-order valence-electron chi connectivity index (χ1n) is 8.36. The molecule has 0 atom stereocenters. The predicted octanol–water partition coefficient (Wildman–Crippen LogP) is 4.50. The van der Waals surface area contributed by atoms with Gasteiger partial charge in [-0.05, 0) is 42.5 Å². The molecule has 0 fully saturated rings. The molecule has 0 aliphatic carbocycles. The minimum atomic E-state index is -0.254. The second-order valence-corrected chi connectivity index (χ2v) is 6.34. The molecule has 2 heterocycles. The van der Waals surface area contributed by atoms with Gasteiger partial charge in [-0.3, -0.25) is 9.78 Å². The SMILES string of the molecule is O=C(Nc1ccc(Cl)cc1)c1cncc(Nc2ccc3c(c2)OCCO3)c1. The normalized spacial score (nSPS) is 12.3. The van der Waals surface area contributed by atoms with Gasteiger partial charge < -0.3 is 20.1 Å². The molecule has 0 saturated heterocycles. The summed E-state index contributed by atoms with van der Waals surface area (Å²) in [5, 5.41) is 6.65. The highest BCUT2D eigenvalue weighted by Gasteiger charge is 2.12. The Balaban J connectivity index is 1.48. The van der Waals surface area contributed by atoms with Crippen molar-refractivity contribution in [1.82, 2.24) is 4.98 Å². The maximum atomic E-state index is 12.4. The highest BCUT2D eigenvalue weighted by molar-refractivity contribution is 6.30. The standard InChI is InChI=1S/C20H16ClN3O3/c21-14-1-3-15(4-2-14)24-20(25)13-9-17(12-22-11-13)23-16-5-6-18-19(10-16)27-8-7-26-18/h1-6,9-12,23H,7-8H2,(H,24,25). The van der Waals surface area contributed by atoms with E-state index < -0.39 is 0 Å². The topological polar surface area (TPSA) is 72.5 Å². The Bertz CT molecular complexity index is 976. The lowest BCUT2D eigenvalue weighted by atomic mass is 10.2. The average molecular weight is 382 g/mol. The highest BCUT2D eigenvalue weighted by Crippen LogP contribution is 2.33. The Hall–Kier alpha value is -3.25. The number of carbonyl (C=O) groups is 1. The van der Waals surface area contributed by atoms with Crippen LogP contribution in [0.15, 0.2) is 60.9 Å². The number of pyridine rings is 1. The lowest BCUT2D eigenvalue weighted by molar-refractivity contribution is 0.102. The van der Waals surface area contributed by atoms with Crippen LogP contribution in [0.1, 0.15) is 10.4 Å². The molecule has 1 amide bonds. The Morgan fingerprint density at radius 2 is 1.63 bits per heavy atom. The fraction of sp³-hybridized carbons (Fsp3) is 0.100. The van der Waals surface area contributed by atoms with Crippen LogP contribution in [0.5, 0.6) is 11.5 Å². The number of hydrogen-bond acceptors (Lipinski definition) is 5. The summed E-state index contributed by atoms with van der Waals surface area (Å²) in [4.78, 5) is 16.6.